The minimum Gasteiger partial charge on any atom is -0.390 e. The molecule has 5 nitrogen and oxygen atoms in total. The van der Waals surface area contributed by atoms with Gasteiger partial charge >= 0.3 is 0 Å². The molecule has 1 heterocycles. The molecule has 1 saturated heterocycles. The van der Waals surface area contributed by atoms with Crippen molar-refractivity contribution in [3.8, 4) is 0 Å². The van der Waals surface area contributed by atoms with E-state index < -0.39 is 6.10 Å². The van der Waals surface area contributed by atoms with Crippen molar-refractivity contribution >= 4 is 11.8 Å². The minimum atomic E-state index is -0.728. The van der Waals surface area contributed by atoms with Crippen LogP contribution >= 0.6 is 0 Å². The lowest BCUT2D eigenvalue weighted by molar-refractivity contribution is -0.154. The Labute approximate surface area is 115 Å². The number of aliphatic hydroxyl groups is 1. The van der Waals surface area contributed by atoms with Crippen molar-refractivity contribution in [3.05, 3.63) is 0 Å². The summed E-state index contributed by atoms with van der Waals surface area (Å²) < 4.78 is 0. The number of carbonyl (C=O) groups excluding carboxylic acids is 2. The lowest BCUT2D eigenvalue weighted by Crippen LogP contribution is -2.51. The molecule has 0 saturated carbocycles. The second-order valence-corrected chi connectivity index (χ2v) is 7.20. The van der Waals surface area contributed by atoms with Crippen LogP contribution < -0.4 is 5.32 Å². The van der Waals surface area contributed by atoms with Gasteiger partial charge in [-0.05, 0) is 26.2 Å². The molecule has 1 aliphatic rings. The normalized spacial score (nSPS) is 21.7. The molecule has 1 unspecified atom stereocenters. The molecule has 0 aromatic heterocycles. The highest BCUT2D eigenvalue weighted by atomic mass is 16.3. The van der Waals surface area contributed by atoms with E-state index in [-0.39, 0.29) is 29.3 Å². The second-order valence-electron chi connectivity index (χ2n) is 7.20. The molecule has 1 fully saturated rings. The smallest absolute Gasteiger partial charge is 0.229 e. The number of amides is 2. The van der Waals surface area contributed by atoms with Crippen molar-refractivity contribution in [2.75, 3.05) is 13.1 Å². The number of nitrogens with one attached hydrogen (secondary N) is 1. The topological polar surface area (TPSA) is 69.6 Å². The Kier molecular flexibility index (Phi) is 4.74. The van der Waals surface area contributed by atoms with Gasteiger partial charge in [-0.15, -0.1) is 0 Å². The summed E-state index contributed by atoms with van der Waals surface area (Å²) in [6.07, 6.45) is -0.00982. The maximum atomic E-state index is 11.9. The molecule has 0 radical (unpaired) electrons. The van der Waals surface area contributed by atoms with E-state index in [2.05, 4.69) is 5.32 Å². The highest BCUT2D eigenvalue weighted by molar-refractivity contribution is 5.98. The van der Waals surface area contributed by atoms with Crippen molar-refractivity contribution in [2.24, 2.45) is 5.41 Å². The number of likely N-dealkylation sites (tertiary alicyclic amines) is 1. The second kappa shape index (κ2) is 5.59. The van der Waals surface area contributed by atoms with E-state index in [0.29, 0.717) is 19.4 Å². The summed E-state index contributed by atoms with van der Waals surface area (Å²) in [4.78, 5) is 25.1. The Hall–Kier alpha value is -0.940. The first-order valence-electron chi connectivity index (χ1n) is 6.76. The number of imide groups is 1. The molecule has 0 spiro atoms. The first-order chi connectivity index (χ1) is 8.50. The predicted molar refractivity (Wildman–Crippen MR) is 73.5 cm³/mol. The number of piperidine rings is 1. The highest BCUT2D eigenvalue weighted by Crippen LogP contribution is 2.31. The highest BCUT2D eigenvalue weighted by Gasteiger charge is 2.37. The lowest BCUT2D eigenvalue weighted by atomic mass is 9.81. The number of hydrogen-bond donors (Lipinski definition) is 2. The largest absolute Gasteiger partial charge is 0.390 e. The molecule has 1 atom stereocenters. The molecule has 19 heavy (non-hydrogen) atoms. The van der Waals surface area contributed by atoms with Crippen molar-refractivity contribution in [3.63, 3.8) is 0 Å². The SMILES string of the molecule is CC1(C)CC(=O)N(CC(O)CNC(C)(C)C)C(=O)C1. The fourth-order valence-corrected chi connectivity index (χ4v) is 2.11. The van der Waals surface area contributed by atoms with Gasteiger partial charge in [0.05, 0.1) is 12.6 Å². The van der Waals surface area contributed by atoms with Crippen molar-refractivity contribution in [2.45, 2.75) is 59.1 Å². The zero-order chi connectivity index (χ0) is 14.8. The molecule has 1 rings (SSSR count). The molecule has 2 N–H and O–H groups in total. The summed E-state index contributed by atoms with van der Waals surface area (Å²) >= 11 is 0. The zero-order valence-electron chi connectivity index (χ0n) is 12.6. The van der Waals surface area contributed by atoms with E-state index >= 15 is 0 Å². The van der Waals surface area contributed by atoms with Gasteiger partial charge in [0.15, 0.2) is 0 Å². The first kappa shape index (κ1) is 16.1. The maximum Gasteiger partial charge on any atom is 0.229 e. The van der Waals surface area contributed by atoms with Gasteiger partial charge < -0.3 is 10.4 Å². The number of aliphatic hydroxyl groups excluding tert-OH is 1. The quantitative estimate of drug-likeness (QED) is 0.745. The van der Waals surface area contributed by atoms with Crippen molar-refractivity contribution < 1.29 is 14.7 Å². The molecule has 5 heteroatoms. The van der Waals surface area contributed by atoms with Gasteiger partial charge in [-0.2, -0.15) is 0 Å². The van der Waals surface area contributed by atoms with Crippen LogP contribution in [0.1, 0.15) is 47.5 Å². The van der Waals surface area contributed by atoms with E-state index in [1.165, 1.54) is 4.90 Å². The third-order valence-corrected chi connectivity index (χ3v) is 3.12. The minimum absolute atomic E-state index is 0.0802. The number of carbonyl (C=O) groups is 2. The van der Waals surface area contributed by atoms with Crippen LogP contribution in [0.25, 0.3) is 0 Å². The van der Waals surface area contributed by atoms with E-state index in [0.717, 1.165) is 0 Å². The van der Waals surface area contributed by atoms with Crippen LogP contribution in [0.15, 0.2) is 0 Å². The van der Waals surface area contributed by atoms with Crippen LogP contribution in [0.5, 0.6) is 0 Å². The van der Waals surface area contributed by atoms with Gasteiger partial charge in [-0.25, -0.2) is 0 Å². The summed E-state index contributed by atoms with van der Waals surface area (Å²) in [5.41, 5.74) is -0.363. The standard InChI is InChI=1S/C14H26N2O3/c1-13(2,3)15-8-10(17)9-16-11(18)6-14(4,5)7-12(16)19/h10,15,17H,6-9H2,1-5H3. The molecule has 1 aliphatic heterocycles. The summed E-state index contributed by atoms with van der Waals surface area (Å²) in [6.45, 7) is 10.3. The molecule has 0 aromatic carbocycles. The molecular formula is C14H26N2O3. The molecule has 0 aromatic rings. The average molecular weight is 270 g/mol. The predicted octanol–water partition coefficient (Wildman–Crippen LogP) is 0.911. The average Bonchev–Trinajstić information content (AvgIpc) is 2.18. The van der Waals surface area contributed by atoms with Crippen molar-refractivity contribution in [1.82, 2.24) is 10.2 Å². The number of rotatable bonds is 4. The molecule has 110 valence electrons. The molecular weight excluding hydrogens is 244 g/mol. The Morgan fingerprint density at radius 3 is 2.16 bits per heavy atom. The van der Waals surface area contributed by atoms with E-state index in [9.17, 15) is 14.7 Å². The van der Waals surface area contributed by atoms with E-state index in [1.807, 2.05) is 34.6 Å². The summed E-state index contributed by atoms with van der Waals surface area (Å²) in [5, 5.41) is 13.1. The number of hydrogen-bond acceptors (Lipinski definition) is 4. The van der Waals surface area contributed by atoms with E-state index in [1.54, 1.807) is 0 Å². The van der Waals surface area contributed by atoms with Gasteiger partial charge in [0, 0.05) is 24.9 Å². The number of β-amino-alcohol motifs (C(OH)–C–C–N with tert-alkyl or cyclic N) is 1. The lowest BCUT2D eigenvalue weighted by Gasteiger charge is -2.35. The van der Waals surface area contributed by atoms with Crippen LogP contribution in [0.2, 0.25) is 0 Å². The Morgan fingerprint density at radius 2 is 1.74 bits per heavy atom. The van der Waals surface area contributed by atoms with E-state index in [4.69, 9.17) is 0 Å². The number of nitrogens with zero attached hydrogens (tertiary/aromatic N) is 1. The summed E-state index contributed by atoms with van der Waals surface area (Å²) in [6, 6.07) is 0. The van der Waals surface area contributed by atoms with Gasteiger partial charge in [0.25, 0.3) is 0 Å². The van der Waals surface area contributed by atoms with Crippen LogP contribution in [0.4, 0.5) is 0 Å². The van der Waals surface area contributed by atoms with Gasteiger partial charge in [-0.3, -0.25) is 14.5 Å². The Bertz CT molecular complexity index is 338. The fraction of sp³-hybridized carbons (Fsp3) is 0.857. The summed E-state index contributed by atoms with van der Waals surface area (Å²) in [7, 11) is 0. The van der Waals surface area contributed by atoms with Crippen LogP contribution in [-0.4, -0.2) is 46.6 Å². The van der Waals surface area contributed by atoms with Gasteiger partial charge in [0.2, 0.25) is 11.8 Å². The third kappa shape index (κ3) is 5.28. The first-order valence-corrected chi connectivity index (χ1v) is 6.76. The zero-order valence-corrected chi connectivity index (χ0v) is 12.6. The molecule has 0 bridgehead atoms. The molecule has 2 amide bonds. The van der Waals surface area contributed by atoms with Gasteiger partial charge in [-0.1, -0.05) is 13.8 Å². The van der Waals surface area contributed by atoms with Crippen molar-refractivity contribution in [1.29, 1.82) is 0 Å². The molecule has 0 aliphatic carbocycles. The van der Waals surface area contributed by atoms with Crippen LogP contribution in [0, 0.1) is 5.41 Å². The van der Waals surface area contributed by atoms with Crippen LogP contribution in [0.3, 0.4) is 0 Å². The third-order valence-electron chi connectivity index (χ3n) is 3.12. The maximum absolute atomic E-state index is 11.9. The Balaban J connectivity index is 2.52. The monoisotopic (exact) mass is 270 g/mol. The Morgan fingerprint density at radius 1 is 1.26 bits per heavy atom. The fourth-order valence-electron chi connectivity index (χ4n) is 2.11. The van der Waals surface area contributed by atoms with Gasteiger partial charge in [0.1, 0.15) is 0 Å². The van der Waals surface area contributed by atoms with Crippen LogP contribution in [-0.2, 0) is 9.59 Å². The summed E-state index contributed by atoms with van der Waals surface area (Å²) in [5.74, 6) is -0.368.